The SMILES string of the molecule is CC(NC(=O)c1cccs1)C(=O)N1CC2CCC(O)C2C1. The highest BCUT2D eigenvalue weighted by Gasteiger charge is 2.43. The van der Waals surface area contributed by atoms with Crippen molar-refractivity contribution in [3.63, 3.8) is 0 Å². The summed E-state index contributed by atoms with van der Waals surface area (Å²) in [5.74, 6) is 0.380. The van der Waals surface area contributed by atoms with Crippen LogP contribution in [-0.4, -0.2) is 47.1 Å². The van der Waals surface area contributed by atoms with Gasteiger partial charge in [-0.1, -0.05) is 6.07 Å². The molecule has 1 saturated heterocycles. The first-order chi connectivity index (χ1) is 10.1. The highest BCUT2D eigenvalue weighted by Crippen LogP contribution is 2.38. The number of aliphatic hydroxyl groups is 1. The van der Waals surface area contributed by atoms with Gasteiger partial charge < -0.3 is 15.3 Å². The van der Waals surface area contributed by atoms with Gasteiger partial charge in [-0.3, -0.25) is 9.59 Å². The second-order valence-electron chi connectivity index (χ2n) is 5.98. The third-order valence-corrected chi connectivity index (χ3v) is 5.46. The molecule has 3 rings (SSSR count). The van der Waals surface area contributed by atoms with Crippen molar-refractivity contribution in [2.24, 2.45) is 11.8 Å². The van der Waals surface area contributed by atoms with Gasteiger partial charge in [-0.25, -0.2) is 0 Å². The number of fused-ring (bicyclic) bond motifs is 1. The average Bonchev–Trinajstić information content (AvgIpc) is 3.16. The third kappa shape index (κ3) is 2.82. The minimum Gasteiger partial charge on any atom is -0.393 e. The zero-order valence-corrected chi connectivity index (χ0v) is 12.8. The number of nitrogens with zero attached hydrogens (tertiary/aromatic N) is 1. The lowest BCUT2D eigenvalue weighted by molar-refractivity contribution is -0.132. The Hall–Kier alpha value is -1.40. The zero-order chi connectivity index (χ0) is 15.0. The molecule has 2 aliphatic rings. The van der Waals surface area contributed by atoms with Crippen LogP contribution >= 0.6 is 11.3 Å². The second kappa shape index (κ2) is 5.77. The molecule has 2 N–H and O–H groups in total. The minimum absolute atomic E-state index is 0.0542. The monoisotopic (exact) mass is 308 g/mol. The van der Waals surface area contributed by atoms with Gasteiger partial charge in [0.05, 0.1) is 11.0 Å². The molecule has 1 aromatic heterocycles. The topological polar surface area (TPSA) is 69.6 Å². The molecule has 4 unspecified atom stereocenters. The van der Waals surface area contributed by atoms with Gasteiger partial charge in [-0.15, -0.1) is 11.3 Å². The first-order valence-electron chi connectivity index (χ1n) is 7.37. The fraction of sp³-hybridized carbons (Fsp3) is 0.600. The molecule has 4 atom stereocenters. The lowest BCUT2D eigenvalue weighted by Gasteiger charge is -2.22. The molecule has 1 aliphatic carbocycles. The van der Waals surface area contributed by atoms with Crippen LogP contribution in [0.1, 0.15) is 29.4 Å². The molecule has 5 nitrogen and oxygen atoms in total. The van der Waals surface area contributed by atoms with Gasteiger partial charge in [0, 0.05) is 19.0 Å². The smallest absolute Gasteiger partial charge is 0.261 e. The molecule has 2 fully saturated rings. The zero-order valence-electron chi connectivity index (χ0n) is 12.0. The Kier molecular flexibility index (Phi) is 3.99. The Morgan fingerprint density at radius 3 is 2.90 bits per heavy atom. The standard InChI is InChI=1S/C15H20N2O3S/c1-9(16-14(19)13-3-2-6-21-13)15(20)17-7-10-4-5-12(18)11(10)8-17/h2-3,6,9-12,18H,4-5,7-8H2,1H3,(H,16,19). The molecule has 6 heteroatoms. The molecule has 0 radical (unpaired) electrons. The van der Waals surface area contributed by atoms with E-state index in [4.69, 9.17) is 0 Å². The van der Waals surface area contributed by atoms with Crippen molar-refractivity contribution < 1.29 is 14.7 Å². The highest BCUT2D eigenvalue weighted by molar-refractivity contribution is 7.12. The largest absolute Gasteiger partial charge is 0.393 e. The maximum atomic E-state index is 12.4. The number of carbonyl (C=O) groups excluding carboxylic acids is 2. The first-order valence-corrected chi connectivity index (χ1v) is 8.25. The Morgan fingerprint density at radius 2 is 2.24 bits per heavy atom. The lowest BCUT2D eigenvalue weighted by atomic mass is 10.00. The van der Waals surface area contributed by atoms with Crippen LogP contribution in [-0.2, 0) is 4.79 Å². The van der Waals surface area contributed by atoms with Crippen molar-refractivity contribution in [3.05, 3.63) is 22.4 Å². The summed E-state index contributed by atoms with van der Waals surface area (Å²) >= 11 is 1.36. The van der Waals surface area contributed by atoms with Gasteiger partial charge in [-0.05, 0) is 37.1 Å². The molecule has 114 valence electrons. The summed E-state index contributed by atoms with van der Waals surface area (Å²) < 4.78 is 0. The van der Waals surface area contributed by atoms with Gasteiger partial charge in [0.2, 0.25) is 5.91 Å². The summed E-state index contributed by atoms with van der Waals surface area (Å²) in [6.45, 7) is 3.04. The van der Waals surface area contributed by atoms with Crippen LogP contribution in [0.25, 0.3) is 0 Å². The number of nitrogens with one attached hydrogen (secondary N) is 1. The van der Waals surface area contributed by atoms with Crippen LogP contribution in [0, 0.1) is 11.8 Å². The van der Waals surface area contributed by atoms with E-state index < -0.39 is 6.04 Å². The summed E-state index contributed by atoms with van der Waals surface area (Å²) in [4.78, 5) is 26.8. The van der Waals surface area contributed by atoms with Crippen LogP contribution in [0.2, 0.25) is 0 Å². The van der Waals surface area contributed by atoms with E-state index >= 15 is 0 Å². The quantitative estimate of drug-likeness (QED) is 0.878. The number of hydrogen-bond donors (Lipinski definition) is 2. The Labute approximate surface area is 128 Å². The van der Waals surface area contributed by atoms with Crippen LogP contribution < -0.4 is 5.32 Å². The van der Waals surface area contributed by atoms with Gasteiger partial charge in [0.15, 0.2) is 0 Å². The van der Waals surface area contributed by atoms with Crippen molar-refractivity contribution in [2.45, 2.75) is 31.9 Å². The molecule has 2 amide bonds. The number of rotatable bonds is 3. The summed E-state index contributed by atoms with van der Waals surface area (Å²) in [5, 5.41) is 14.5. The maximum Gasteiger partial charge on any atom is 0.261 e. The second-order valence-corrected chi connectivity index (χ2v) is 6.93. The predicted octanol–water partition coefficient (Wildman–Crippen LogP) is 1.10. The Morgan fingerprint density at radius 1 is 1.43 bits per heavy atom. The van der Waals surface area contributed by atoms with Crippen molar-refractivity contribution in [2.75, 3.05) is 13.1 Å². The summed E-state index contributed by atoms with van der Waals surface area (Å²) in [5.41, 5.74) is 0. The number of amides is 2. The molecule has 1 aliphatic heterocycles. The fourth-order valence-corrected chi connectivity index (χ4v) is 4.05. The number of aliphatic hydroxyl groups excluding tert-OH is 1. The van der Waals surface area contributed by atoms with Gasteiger partial charge in [-0.2, -0.15) is 0 Å². The molecule has 1 saturated carbocycles. The van der Waals surface area contributed by atoms with Gasteiger partial charge in [0.1, 0.15) is 6.04 Å². The van der Waals surface area contributed by atoms with E-state index in [2.05, 4.69) is 5.32 Å². The van der Waals surface area contributed by atoms with E-state index in [0.717, 1.165) is 12.8 Å². The summed E-state index contributed by atoms with van der Waals surface area (Å²) in [6.07, 6.45) is 1.57. The molecular weight excluding hydrogens is 288 g/mol. The molecule has 0 aromatic carbocycles. The maximum absolute atomic E-state index is 12.4. The third-order valence-electron chi connectivity index (χ3n) is 4.59. The van der Waals surface area contributed by atoms with E-state index in [1.807, 2.05) is 11.4 Å². The normalized spacial score (nSPS) is 29.2. The minimum atomic E-state index is -0.532. The molecule has 0 bridgehead atoms. The number of carbonyl (C=O) groups is 2. The van der Waals surface area contributed by atoms with Gasteiger partial charge in [0.25, 0.3) is 5.91 Å². The average molecular weight is 308 g/mol. The van der Waals surface area contributed by atoms with Crippen molar-refractivity contribution >= 4 is 23.2 Å². The van der Waals surface area contributed by atoms with E-state index in [9.17, 15) is 14.7 Å². The van der Waals surface area contributed by atoms with Crippen molar-refractivity contribution in [1.82, 2.24) is 10.2 Å². The van der Waals surface area contributed by atoms with Crippen LogP contribution in [0.15, 0.2) is 17.5 Å². The lowest BCUT2D eigenvalue weighted by Crippen LogP contribution is -2.46. The fourth-order valence-electron chi connectivity index (χ4n) is 3.43. The Balaban J connectivity index is 1.57. The molecule has 0 spiro atoms. The van der Waals surface area contributed by atoms with E-state index in [1.165, 1.54) is 11.3 Å². The van der Waals surface area contributed by atoms with Gasteiger partial charge >= 0.3 is 0 Å². The van der Waals surface area contributed by atoms with Crippen LogP contribution in [0.4, 0.5) is 0 Å². The van der Waals surface area contributed by atoms with Crippen molar-refractivity contribution in [3.8, 4) is 0 Å². The number of thiophene rings is 1. The first kappa shape index (κ1) is 14.5. The molecule has 1 aromatic rings. The Bertz CT molecular complexity index is 531. The number of hydrogen-bond acceptors (Lipinski definition) is 4. The highest BCUT2D eigenvalue weighted by atomic mass is 32.1. The molecule has 21 heavy (non-hydrogen) atoms. The molecular formula is C15H20N2O3S. The van der Waals surface area contributed by atoms with Crippen LogP contribution in [0.5, 0.6) is 0 Å². The van der Waals surface area contributed by atoms with E-state index in [1.54, 1.807) is 17.9 Å². The number of likely N-dealkylation sites (tertiary alicyclic amines) is 1. The molecule has 2 heterocycles. The summed E-state index contributed by atoms with van der Waals surface area (Å²) in [6, 6.07) is 3.03. The predicted molar refractivity (Wildman–Crippen MR) is 80.0 cm³/mol. The van der Waals surface area contributed by atoms with Crippen molar-refractivity contribution in [1.29, 1.82) is 0 Å². The van der Waals surface area contributed by atoms with Crippen LogP contribution in [0.3, 0.4) is 0 Å². The van der Waals surface area contributed by atoms with E-state index in [-0.39, 0.29) is 23.8 Å². The summed E-state index contributed by atoms with van der Waals surface area (Å²) in [7, 11) is 0. The van der Waals surface area contributed by atoms with E-state index in [0.29, 0.717) is 23.9 Å².